The zero-order chi connectivity index (χ0) is 7.56. The highest BCUT2D eigenvalue weighted by atomic mass is 79.9. The first-order valence-electron chi connectivity index (χ1n) is 2.71. The van der Waals surface area contributed by atoms with Gasteiger partial charge >= 0.3 is 0 Å². The third kappa shape index (κ3) is 1.60. The SMILES string of the molecule is C#CC(N)c1ccc(Br)s1. The third-order valence-corrected chi connectivity index (χ3v) is 2.79. The van der Waals surface area contributed by atoms with Crippen molar-refractivity contribution in [2.75, 3.05) is 0 Å². The van der Waals surface area contributed by atoms with Gasteiger partial charge in [-0.2, -0.15) is 0 Å². The minimum absolute atomic E-state index is 0.253. The summed E-state index contributed by atoms with van der Waals surface area (Å²) in [6.07, 6.45) is 5.13. The first-order valence-corrected chi connectivity index (χ1v) is 4.32. The Kier molecular flexibility index (Phi) is 2.50. The van der Waals surface area contributed by atoms with Crippen LogP contribution in [0.3, 0.4) is 0 Å². The molecule has 0 aliphatic carbocycles. The van der Waals surface area contributed by atoms with Gasteiger partial charge in [-0.25, -0.2) is 0 Å². The van der Waals surface area contributed by atoms with Gasteiger partial charge in [-0.15, -0.1) is 17.8 Å². The molecule has 0 aliphatic heterocycles. The van der Waals surface area contributed by atoms with Gasteiger partial charge in [0.25, 0.3) is 0 Å². The monoisotopic (exact) mass is 215 g/mol. The summed E-state index contributed by atoms with van der Waals surface area (Å²) in [5, 5.41) is 0. The fraction of sp³-hybridized carbons (Fsp3) is 0.143. The Balaban J connectivity index is 2.87. The zero-order valence-corrected chi connectivity index (χ0v) is 7.58. The Morgan fingerprint density at radius 1 is 1.70 bits per heavy atom. The Bertz CT molecular complexity index is 261. The normalized spacial score (nSPS) is 12.5. The highest BCUT2D eigenvalue weighted by Gasteiger charge is 2.03. The van der Waals surface area contributed by atoms with Crippen LogP contribution in [-0.4, -0.2) is 0 Å². The number of halogens is 1. The van der Waals surface area contributed by atoms with E-state index in [1.807, 2.05) is 12.1 Å². The fourth-order valence-corrected chi connectivity index (χ4v) is 1.96. The van der Waals surface area contributed by atoms with Crippen LogP contribution in [0.1, 0.15) is 10.9 Å². The fourth-order valence-electron chi connectivity index (χ4n) is 0.578. The molecule has 2 N–H and O–H groups in total. The molecule has 52 valence electrons. The van der Waals surface area contributed by atoms with E-state index in [-0.39, 0.29) is 6.04 Å². The molecule has 0 radical (unpaired) electrons. The van der Waals surface area contributed by atoms with Gasteiger partial charge in [0.05, 0.1) is 3.79 Å². The molecule has 0 bridgehead atoms. The van der Waals surface area contributed by atoms with Gasteiger partial charge < -0.3 is 5.73 Å². The highest BCUT2D eigenvalue weighted by molar-refractivity contribution is 9.11. The first kappa shape index (κ1) is 7.80. The Morgan fingerprint density at radius 3 is 2.80 bits per heavy atom. The molecule has 1 aromatic rings. The third-order valence-electron chi connectivity index (χ3n) is 1.08. The summed E-state index contributed by atoms with van der Waals surface area (Å²) < 4.78 is 1.06. The summed E-state index contributed by atoms with van der Waals surface area (Å²) >= 11 is 4.89. The first-order chi connectivity index (χ1) is 4.74. The van der Waals surface area contributed by atoms with E-state index in [1.165, 1.54) is 0 Å². The molecule has 3 heteroatoms. The molecule has 0 saturated heterocycles. The van der Waals surface area contributed by atoms with Gasteiger partial charge in [-0.05, 0) is 28.1 Å². The van der Waals surface area contributed by atoms with Crippen LogP contribution in [0.5, 0.6) is 0 Å². The molecule has 0 aromatic carbocycles. The van der Waals surface area contributed by atoms with Crippen LogP contribution in [0.15, 0.2) is 15.9 Å². The quantitative estimate of drug-likeness (QED) is 0.715. The number of rotatable bonds is 1. The molecule has 0 saturated carbocycles. The topological polar surface area (TPSA) is 26.0 Å². The van der Waals surface area contributed by atoms with Crippen LogP contribution in [-0.2, 0) is 0 Å². The molecule has 1 aromatic heterocycles. The predicted molar refractivity (Wildman–Crippen MR) is 47.8 cm³/mol. The average molecular weight is 216 g/mol. The van der Waals surface area contributed by atoms with E-state index in [9.17, 15) is 0 Å². The largest absolute Gasteiger partial charge is 0.313 e. The molecule has 0 amide bonds. The number of nitrogens with two attached hydrogens (primary N) is 1. The molecule has 1 rings (SSSR count). The molecular weight excluding hydrogens is 210 g/mol. The molecule has 1 nitrogen and oxygen atoms in total. The van der Waals surface area contributed by atoms with Crippen LogP contribution in [0.2, 0.25) is 0 Å². The Labute approximate surface area is 72.4 Å². The second-order valence-corrected chi connectivity index (χ2v) is 4.28. The lowest BCUT2D eigenvalue weighted by atomic mass is 10.3. The lowest BCUT2D eigenvalue weighted by Gasteiger charge is -1.96. The molecule has 1 heterocycles. The van der Waals surface area contributed by atoms with Crippen molar-refractivity contribution in [2.45, 2.75) is 6.04 Å². The molecule has 1 unspecified atom stereocenters. The summed E-state index contributed by atoms with van der Waals surface area (Å²) in [7, 11) is 0. The van der Waals surface area contributed by atoms with Gasteiger partial charge in [0.2, 0.25) is 0 Å². The van der Waals surface area contributed by atoms with E-state index in [2.05, 4.69) is 21.9 Å². The standard InChI is InChI=1S/C7H6BrNS/c1-2-5(9)6-3-4-7(8)10-6/h1,3-5H,9H2. The van der Waals surface area contributed by atoms with Crippen LogP contribution >= 0.6 is 27.3 Å². The van der Waals surface area contributed by atoms with Gasteiger partial charge in [0.15, 0.2) is 0 Å². The number of hydrogen-bond donors (Lipinski definition) is 1. The highest BCUT2D eigenvalue weighted by Crippen LogP contribution is 2.25. The van der Waals surface area contributed by atoms with E-state index in [0.717, 1.165) is 8.66 Å². The smallest absolute Gasteiger partial charge is 0.101 e. The van der Waals surface area contributed by atoms with E-state index in [1.54, 1.807) is 11.3 Å². The number of terminal acetylenes is 1. The zero-order valence-electron chi connectivity index (χ0n) is 5.17. The van der Waals surface area contributed by atoms with Crippen molar-refractivity contribution in [1.82, 2.24) is 0 Å². The molecule has 0 fully saturated rings. The van der Waals surface area contributed by atoms with Crippen LogP contribution < -0.4 is 5.73 Å². The minimum Gasteiger partial charge on any atom is -0.313 e. The van der Waals surface area contributed by atoms with Gasteiger partial charge in [-0.1, -0.05) is 5.92 Å². The second-order valence-electron chi connectivity index (χ2n) is 1.79. The summed E-state index contributed by atoms with van der Waals surface area (Å²) in [5.41, 5.74) is 5.56. The lowest BCUT2D eigenvalue weighted by Crippen LogP contribution is -2.04. The lowest BCUT2D eigenvalue weighted by molar-refractivity contribution is 0.974. The molecule has 0 aliphatic rings. The van der Waals surface area contributed by atoms with Crippen molar-refractivity contribution in [1.29, 1.82) is 0 Å². The van der Waals surface area contributed by atoms with Crippen molar-refractivity contribution < 1.29 is 0 Å². The van der Waals surface area contributed by atoms with Crippen molar-refractivity contribution in [3.8, 4) is 12.3 Å². The average Bonchev–Trinajstić information content (AvgIpc) is 2.34. The van der Waals surface area contributed by atoms with E-state index in [0.29, 0.717) is 0 Å². The maximum Gasteiger partial charge on any atom is 0.101 e. The Morgan fingerprint density at radius 2 is 2.40 bits per heavy atom. The second kappa shape index (κ2) is 3.20. The Hall–Kier alpha value is -0.300. The van der Waals surface area contributed by atoms with Crippen molar-refractivity contribution in [3.05, 3.63) is 20.8 Å². The van der Waals surface area contributed by atoms with Gasteiger partial charge in [0, 0.05) is 4.88 Å². The summed E-state index contributed by atoms with van der Waals surface area (Å²) in [6.45, 7) is 0. The van der Waals surface area contributed by atoms with E-state index < -0.39 is 0 Å². The van der Waals surface area contributed by atoms with Crippen molar-refractivity contribution >= 4 is 27.3 Å². The van der Waals surface area contributed by atoms with Crippen LogP contribution in [0.4, 0.5) is 0 Å². The number of thiophene rings is 1. The summed E-state index contributed by atoms with van der Waals surface area (Å²) in [6, 6.07) is 3.62. The van der Waals surface area contributed by atoms with Gasteiger partial charge in [0.1, 0.15) is 6.04 Å². The maximum absolute atomic E-state index is 5.56. The number of hydrogen-bond acceptors (Lipinski definition) is 2. The van der Waals surface area contributed by atoms with Gasteiger partial charge in [-0.3, -0.25) is 0 Å². The summed E-state index contributed by atoms with van der Waals surface area (Å²) in [5.74, 6) is 2.46. The predicted octanol–water partition coefficient (Wildman–Crippen LogP) is 2.14. The van der Waals surface area contributed by atoms with Crippen molar-refractivity contribution in [2.24, 2.45) is 5.73 Å². The maximum atomic E-state index is 5.56. The van der Waals surface area contributed by atoms with Crippen molar-refractivity contribution in [3.63, 3.8) is 0 Å². The van der Waals surface area contributed by atoms with Crippen LogP contribution in [0, 0.1) is 12.3 Å². The molecular formula is C7H6BrNS. The molecule has 0 spiro atoms. The molecule has 10 heavy (non-hydrogen) atoms. The summed E-state index contributed by atoms with van der Waals surface area (Å²) in [4.78, 5) is 1.02. The van der Waals surface area contributed by atoms with E-state index in [4.69, 9.17) is 12.2 Å². The molecule has 1 atom stereocenters. The van der Waals surface area contributed by atoms with Crippen LogP contribution in [0.25, 0.3) is 0 Å². The minimum atomic E-state index is -0.253. The van der Waals surface area contributed by atoms with E-state index >= 15 is 0 Å².